The zero-order valence-corrected chi connectivity index (χ0v) is 12.6. The smallest absolute Gasteiger partial charge is 0.276 e. The molecule has 0 bridgehead atoms. The van der Waals surface area contributed by atoms with Gasteiger partial charge in [0.05, 0.1) is 15.6 Å². The summed E-state index contributed by atoms with van der Waals surface area (Å²) in [5, 5.41) is 10.5. The Hall–Kier alpha value is -1.10. The fraction of sp³-hybridized carbons (Fsp3) is 0.308. The van der Waals surface area contributed by atoms with Crippen molar-refractivity contribution in [3.8, 4) is 16.9 Å². The molecular formula is C13H11Cl3N2O2. The Morgan fingerprint density at radius 3 is 2.30 bits per heavy atom. The second-order valence-electron chi connectivity index (χ2n) is 4.71. The van der Waals surface area contributed by atoms with Crippen LogP contribution >= 0.6 is 34.8 Å². The van der Waals surface area contributed by atoms with Crippen LogP contribution in [0.5, 0.6) is 5.75 Å². The molecule has 1 aromatic heterocycles. The number of phenolic OH excluding ortho intramolecular Hbond substituents is 1. The van der Waals surface area contributed by atoms with E-state index in [2.05, 4.69) is 0 Å². The third-order valence-corrected chi connectivity index (χ3v) is 4.47. The maximum Gasteiger partial charge on any atom is 0.276 e. The summed E-state index contributed by atoms with van der Waals surface area (Å²) < 4.78 is 3.37. The van der Waals surface area contributed by atoms with Gasteiger partial charge in [0.15, 0.2) is 0 Å². The van der Waals surface area contributed by atoms with Gasteiger partial charge < -0.3 is 5.11 Å². The van der Waals surface area contributed by atoms with Gasteiger partial charge in [0.25, 0.3) is 5.56 Å². The molecule has 4 nitrogen and oxygen atoms in total. The lowest BCUT2D eigenvalue weighted by Gasteiger charge is -2.17. The van der Waals surface area contributed by atoms with Gasteiger partial charge in [0.2, 0.25) is 0 Å². The summed E-state index contributed by atoms with van der Waals surface area (Å²) >= 11 is 18.2. The first-order valence-electron chi connectivity index (χ1n) is 6.18. The molecule has 2 aromatic rings. The van der Waals surface area contributed by atoms with Crippen molar-refractivity contribution < 1.29 is 5.11 Å². The minimum Gasteiger partial charge on any atom is -0.506 e. The summed E-state index contributed by atoms with van der Waals surface area (Å²) in [6.07, 6.45) is 1.92. The molecule has 1 aliphatic rings. The van der Waals surface area contributed by atoms with E-state index in [4.69, 9.17) is 34.8 Å². The third kappa shape index (κ3) is 2.03. The lowest BCUT2D eigenvalue weighted by Crippen LogP contribution is -2.27. The van der Waals surface area contributed by atoms with Gasteiger partial charge in [-0.05, 0) is 25.0 Å². The Morgan fingerprint density at radius 1 is 1.00 bits per heavy atom. The van der Waals surface area contributed by atoms with Crippen LogP contribution in [-0.2, 0) is 13.1 Å². The molecule has 1 aromatic carbocycles. The SMILES string of the molecule is O=c1c(-c2cc(O)c(Cl)cc2Cl)c(Cl)n2n1CCCC2. The van der Waals surface area contributed by atoms with Gasteiger partial charge in [-0.1, -0.05) is 34.8 Å². The summed E-state index contributed by atoms with van der Waals surface area (Å²) in [5.41, 5.74) is 0.516. The quantitative estimate of drug-likeness (QED) is 0.863. The van der Waals surface area contributed by atoms with Gasteiger partial charge in [-0.3, -0.25) is 9.48 Å². The zero-order valence-electron chi connectivity index (χ0n) is 10.4. The summed E-state index contributed by atoms with van der Waals surface area (Å²) in [6.45, 7) is 1.33. The minimum absolute atomic E-state index is 0.129. The molecule has 0 atom stereocenters. The van der Waals surface area contributed by atoms with Gasteiger partial charge in [-0.25, -0.2) is 4.68 Å². The van der Waals surface area contributed by atoms with Crippen LogP contribution in [0, 0.1) is 0 Å². The molecule has 1 N–H and O–H groups in total. The molecule has 0 aliphatic carbocycles. The van der Waals surface area contributed by atoms with Crippen molar-refractivity contribution in [3.05, 3.63) is 37.7 Å². The molecule has 0 saturated carbocycles. The van der Waals surface area contributed by atoms with Crippen LogP contribution in [0.15, 0.2) is 16.9 Å². The predicted octanol–water partition coefficient (Wildman–Crippen LogP) is 3.78. The summed E-state index contributed by atoms with van der Waals surface area (Å²) in [5.74, 6) is -0.129. The van der Waals surface area contributed by atoms with E-state index in [1.165, 1.54) is 12.1 Å². The monoisotopic (exact) mass is 332 g/mol. The van der Waals surface area contributed by atoms with E-state index < -0.39 is 0 Å². The lowest BCUT2D eigenvalue weighted by molar-refractivity contribution is 0.356. The highest BCUT2D eigenvalue weighted by Crippen LogP contribution is 2.38. The van der Waals surface area contributed by atoms with Crippen LogP contribution in [-0.4, -0.2) is 14.5 Å². The number of aromatic nitrogens is 2. The Balaban J connectivity index is 2.28. The van der Waals surface area contributed by atoms with Crippen molar-refractivity contribution in [1.82, 2.24) is 9.36 Å². The molecule has 0 fully saturated rings. The van der Waals surface area contributed by atoms with E-state index in [0.717, 1.165) is 12.8 Å². The molecule has 0 saturated heterocycles. The second kappa shape index (κ2) is 5.02. The molecule has 106 valence electrons. The Morgan fingerprint density at radius 2 is 1.65 bits per heavy atom. The van der Waals surface area contributed by atoms with Crippen molar-refractivity contribution in [2.75, 3.05) is 0 Å². The van der Waals surface area contributed by atoms with Crippen molar-refractivity contribution in [3.63, 3.8) is 0 Å². The molecule has 0 radical (unpaired) electrons. The summed E-state index contributed by atoms with van der Waals surface area (Å²) in [6, 6.07) is 2.78. The number of fused-ring (bicyclic) bond motifs is 1. The number of phenols is 1. The van der Waals surface area contributed by atoms with Crippen molar-refractivity contribution in [2.45, 2.75) is 25.9 Å². The fourth-order valence-electron chi connectivity index (χ4n) is 2.48. The first-order valence-corrected chi connectivity index (χ1v) is 7.31. The van der Waals surface area contributed by atoms with Crippen LogP contribution in [0.25, 0.3) is 11.1 Å². The van der Waals surface area contributed by atoms with E-state index in [1.54, 1.807) is 9.36 Å². The number of aromatic hydroxyl groups is 1. The van der Waals surface area contributed by atoms with Crippen molar-refractivity contribution >= 4 is 34.8 Å². The number of nitrogens with zero attached hydrogens (tertiary/aromatic N) is 2. The highest BCUT2D eigenvalue weighted by atomic mass is 35.5. The van der Waals surface area contributed by atoms with E-state index in [1.807, 2.05) is 0 Å². The van der Waals surface area contributed by atoms with Crippen LogP contribution < -0.4 is 5.56 Å². The third-order valence-electron chi connectivity index (χ3n) is 3.47. The first-order chi connectivity index (χ1) is 9.50. The average molecular weight is 334 g/mol. The topological polar surface area (TPSA) is 47.2 Å². The average Bonchev–Trinajstić information content (AvgIpc) is 2.68. The lowest BCUT2D eigenvalue weighted by atomic mass is 10.1. The van der Waals surface area contributed by atoms with Crippen LogP contribution in [0.4, 0.5) is 0 Å². The first kappa shape index (κ1) is 13.9. The normalized spacial score (nSPS) is 14.3. The molecule has 0 amide bonds. The molecule has 3 rings (SSSR count). The van der Waals surface area contributed by atoms with E-state index >= 15 is 0 Å². The van der Waals surface area contributed by atoms with E-state index in [-0.39, 0.29) is 21.4 Å². The minimum atomic E-state index is -0.196. The largest absolute Gasteiger partial charge is 0.506 e. The fourth-order valence-corrected chi connectivity index (χ4v) is 3.32. The second-order valence-corrected chi connectivity index (χ2v) is 5.88. The van der Waals surface area contributed by atoms with Crippen molar-refractivity contribution in [1.29, 1.82) is 0 Å². The molecule has 20 heavy (non-hydrogen) atoms. The molecule has 7 heteroatoms. The van der Waals surface area contributed by atoms with E-state index in [9.17, 15) is 9.90 Å². The predicted molar refractivity (Wildman–Crippen MR) is 80.1 cm³/mol. The van der Waals surface area contributed by atoms with Gasteiger partial charge in [0, 0.05) is 18.7 Å². The Kier molecular flexibility index (Phi) is 3.48. The number of halogens is 3. The summed E-state index contributed by atoms with van der Waals surface area (Å²) in [4.78, 5) is 12.5. The maximum atomic E-state index is 12.5. The molecule has 0 unspecified atom stereocenters. The van der Waals surface area contributed by atoms with Gasteiger partial charge in [-0.15, -0.1) is 0 Å². The molecule has 2 heterocycles. The Labute approximate surface area is 130 Å². The summed E-state index contributed by atoms with van der Waals surface area (Å²) in [7, 11) is 0. The number of benzene rings is 1. The molecule has 0 spiro atoms. The molecule has 1 aliphatic heterocycles. The van der Waals surface area contributed by atoms with Gasteiger partial charge in [0.1, 0.15) is 10.9 Å². The number of hydrogen-bond donors (Lipinski definition) is 1. The van der Waals surface area contributed by atoms with Crippen LogP contribution in [0.3, 0.4) is 0 Å². The number of rotatable bonds is 1. The number of hydrogen-bond acceptors (Lipinski definition) is 2. The highest BCUT2D eigenvalue weighted by molar-refractivity contribution is 6.38. The highest BCUT2D eigenvalue weighted by Gasteiger charge is 2.24. The van der Waals surface area contributed by atoms with Crippen LogP contribution in [0.2, 0.25) is 15.2 Å². The maximum absolute atomic E-state index is 12.5. The standard InChI is InChI=1S/C13H11Cl3N2O2/c14-8-6-9(15)10(19)5-7(8)11-12(16)17-3-1-2-4-18(17)13(11)20/h5-6,19H,1-4H2. The Bertz CT molecular complexity index is 749. The van der Waals surface area contributed by atoms with E-state index in [0.29, 0.717) is 29.4 Å². The van der Waals surface area contributed by atoms with Crippen molar-refractivity contribution in [2.24, 2.45) is 0 Å². The van der Waals surface area contributed by atoms with Gasteiger partial charge in [-0.2, -0.15) is 0 Å². The molecular weight excluding hydrogens is 323 g/mol. The zero-order chi connectivity index (χ0) is 14.4. The van der Waals surface area contributed by atoms with Crippen LogP contribution in [0.1, 0.15) is 12.8 Å². The van der Waals surface area contributed by atoms with Gasteiger partial charge >= 0.3 is 0 Å².